The van der Waals surface area contributed by atoms with Gasteiger partial charge in [0.15, 0.2) is 0 Å². The van der Waals surface area contributed by atoms with E-state index in [1.807, 2.05) is 12.1 Å². The summed E-state index contributed by atoms with van der Waals surface area (Å²) in [6, 6.07) is 9.86. The molecule has 3 aliphatic rings. The van der Waals surface area contributed by atoms with Gasteiger partial charge >= 0.3 is 0 Å². The van der Waals surface area contributed by atoms with Gasteiger partial charge in [-0.3, -0.25) is 14.6 Å². The number of fused-ring (bicyclic) bond motifs is 2. The molecule has 2 bridgehead atoms. The van der Waals surface area contributed by atoms with E-state index in [-0.39, 0.29) is 5.56 Å². The van der Waals surface area contributed by atoms with Crippen molar-refractivity contribution in [3.8, 4) is 0 Å². The Morgan fingerprint density at radius 3 is 2.20 bits per heavy atom. The summed E-state index contributed by atoms with van der Waals surface area (Å²) < 4.78 is 14.4. The van der Waals surface area contributed by atoms with Gasteiger partial charge in [0, 0.05) is 48.3 Å². The molecule has 0 spiro atoms. The second-order valence-electron chi connectivity index (χ2n) is 8.85. The molecule has 2 saturated heterocycles. The molecule has 1 amide bonds. The zero-order valence-corrected chi connectivity index (χ0v) is 18.1. The third kappa shape index (κ3) is 3.96. The number of hydrogen-bond acceptors (Lipinski definition) is 3. The van der Waals surface area contributed by atoms with Crippen molar-refractivity contribution >= 4 is 29.1 Å². The van der Waals surface area contributed by atoms with Gasteiger partial charge in [-0.2, -0.15) is 0 Å². The second-order valence-corrected chi connectivity index (χ2v) is 9.72. The molecule has 0 radical (unpaired) electrons. The molecule has 1 aliphatic carbocycles. The van der Waals surface area contributed by atoms with Crippen LogP contribution in [0.4, 0.5) is 4.39 Å². The lowest BCUT2D eigenvalue weighted by Crippen LogP contribution is -2.45. The van der Waals surface area contributed by atoms with Gasteiger partial charge in [0.2, 0.25) is 0 Å². The highest BCUT2D eigenvalue weighted by molar-refractivity contribution is 6.34. The minimum Gasteiger partial charge on any atom is -0.366 e. The number of primary amides is 1. The van der Waals surface area contributed by atoms with Crippen LogP contribution in [0.5, 0.6) is 0 Å². The van der Waals surface area contributed by atoms with Crippen LogP contribution in [0, 0.1) is 5.82 Å². The molecule has 7 heteroatoms. The van der Waals surface area contributed by atoms with Gasteiger partial charge in [-0.1, -0.05) is 23.2 Å². The van der Waals surface area contributed by atoms with E-state index in [1.54, 1.807) is 12.1 Å². The first kappa shape index (κ1) is 20.3. The first-order chi connectivity index (χ1) is 14.4. The average molecular weight is 448 g/mol. The first-order valence-corrected chi connectivity index (χ1v) is 11.2. The maximum Gasteiger partial charge on any atom is 0.251 e. The van der Waals surface area contributed by atoms with Crippen LogP contribution in [0.15, 0.2) is 30.3 Å². The standard InChI is InChI=1S/C23H24Cl2FN3O/c24-16-3-13(4-17(25)6-16)9-28-11-19-7-18(28)12-29(19)10-15-5-22(26)21(23(27)30)8-20(15)14-1-2-14/h3-6,8,14,18-19H,1-2,7,9-12H2,(H2,27,30)/t18?,19-/m0/s1. The van der Waals surface area contributed by atoms with Crippen molar-refractivity contribution in [1.82, 2.24) is 9.80 Å². The van der Waals surface area contributed by atoms with Crippen LogP contribution in [0.25, 0.3) is 0 Å². The van der Waals surface area contributed by atoms with Crippen molar-refractivity contribution in [2.75, 3.05) is 13.1 Å². The Labute approximate surface area is 185 Å². The predicted molar refractivity (Wildman–Crippen MR) is 116 cm³/mol. The van der Waals surface area contributed by atoms with E-state index in [0.29, 0.717) is 28.0 Å². The number of likely N-dealkylation sites (tertiary alicyclic amines) is 2. The van der Waals surface area contributed by atoms with Crippen LogP contribution >= 0.6 is 23.2 Å². The van der Waals surface area contributed by atoms with Gasteiger partial charge in [0.1, 0.15) is 5.82 Å². The molecule has 1 saturated carbocycles. The molecule has 2 aromatic carbocycles. The maximum atomic E-state index is 14.4. The molecule has 2 aliphatic heterocycles. The molecule has 158 valence electrons. The van der Waals surface area contributed by atoms with Gasteiger partial charge in [-0.15, -0.1) is 0 Å². The number of carbonyl (C=O) groups excluding carboxylic acids is 1. The number of nitrogens with two attached hydrogens (primary N) is 1. The molecule has 0 aromatic heterocycles. The summed E-state index contributed by atoms with van der Waals surface area (Å²) in [5, 5.41) is 1.33. The van der Waals surface area contributed by atoms with E-state index < -0.39 is 11.7 Å². The smallest absolute Gasteiger partial charge is 0.251 e. The Bertz CT molecular complexity index is 990. The summed E-state index contributed by atoms with van der Waals surface area (Å²) >= 11 is 12.3. The zero-order chi connectivity index (χ0) is 21.0. The third-order valence-electron chi connectivity index (χ3n) is 6.66. The number of halogens is 3. The second kappa shape index (κ2) is 7.79. The number of hydrogen-bond donors (Lipinski definition) is 1. The molecular formula is C23H24Cl2FN3O. The monoisotopic (exact) mass is 447 g/mol. The average Bonchev–Trinajstić information content (AvgIpc) is 3.33. The maximum absolute atomic E-state index is 14.4. The van der Waals surface area contributed by atoms with Crippen molar-refractivity contribution in [2.24, 2.45) is 5.73 Å². The SMILES string of the molecule is NC(=O)c1cc(C2CC2)c(CN2CC3C[C@H]2CN3Cc2cc(Cl)cc(Cl)c2)cc1F. The fourth-order valence-corrected chi connectivity index (χ4v) is 5.68. The molecule has 2 atom stereocenters. The Balaban J connectivity index is 1.29. The molecule has 2 N–H and O–H groups in total. The molecule has 2 aromatic rings. The Kier molecular flexibility index (Phi) is 5.26. The summed E-state index contributed by atoms with van der Waals surface area (Å²) in [6.45, 7) is 3.50. The van der Waals surface area contributed by atoms with Crippen LogP contribution in [0.1, 0.15) is 52.2 Å². The molecule has 4 nitrogen and oxygen atoms in total. The van der Waals surface area contributed by atoms with E-state index in [0.717, 1.165) is 62.1 Å². The number of piperazine rings is 1. The fraction of sp³-hybridized carbons (Fsp3) is 0.435. The summed E-state index contributed by atoms with van der Waals surface area (Å²) in [4.78, 5) is 16.5. The molecule has 1 unspecified atom stereocenters. The Morgan fingerprint density at radius 1 is 1.00 bits per heavy atom. The van der Waals surface area contributed by atoms with Crippen LogP contribution in [-0.4, -0.2) is 40.9 Å². The quantitative estimate of drug-likeness (QED) is 0.705. The lowest BCUT2D eigenvalue weighted by Gasteiger charge is -2.34. The van der Waals surface area contributed by atoms with Crippen LogP contribution in [0.2, 0.25) is 10.0 Å². The minimum atomic E-state index is -0.696. The van der Waals surface area contributed by atoms with Crippen LogP contribution < -0.4 is 5.73 Å². The van der Waals surface area contributed by atoms with E-state index >= 15 is 0 Å². The van der Waals surface area contributed by atoms with Crippen molar-refractivity contribution in [3.63, 3.8) is 0 Å². The normalized spacial score (nSPS) is 24.0. The van der Waals surface area contributed by atoms with E-state index in [2.05, 4.69) is 9.80 Å². The van der Waals surface area contributed by atoms with Crippen molar-refractivity contribution in [1.29, 1.82) is 0 Å². The lowest BCUT2D eigenvalue weighted by atomic mass is 9.98. The van der Waals surface area contributed by atoms with Crippen molar-refractivity contribution in [3.05, 3.63) is 68.4 Å². The minimum absolute atomic E-state index is 0.00921. The largest absolute Gasteiger partial charge is 0.366 e. The predicted octanol–water partition coefficient (Wildman–Crippen LogP) is 4.57. The van der Waals surface area contributed by atoms with Crippen LogP contribution in [-0.2, 0) is 13.1 Å². The van der Waals surface area contributed by atoms with E-state index in [9.17, 15) is 9.18 Å². The summed E-state index contributed by atoms with van der Waals surface area (Å²) in [6.07, 6.45) is 3.31. The Hall–Kier alpha value is -1.66. The highest BCUT2D eigenvalue weighted by Crippen LogP contribution is 2.43. The lowest BCUT2D eigenvalue weighted by molar-refractivity contribution is 0.0996. The number of rotatable bonds is 6. The van der Waals surface area contributed by atoms with Gasteiger partial charge in [-0.05, 0) is 72.2 Å². The van der Waals surface area contributed by atoms with Gasteiger partial charge < -0.3 is 5.73 Å². The van der Waals surface area contributed by atoms with Crippen LogP contribution in [0.3, 0.4) is 0 Å². The molecule has 30 heavy (non-hydrogen) atoms. The third-order valence-corrected chi connectivity index (χ3v) is 7.10. The van der Waals surface area contributed by atoms with Crippen molar-refractivity contribution < 1.29 is 9.18 Å². The van der Waals surface area contributed by atoms with E-state index in [1.165, 1.54) is 6.07 Å². The van der Waals surface area contributed by atoms with Crippen molar-refractivity contribution in [2.45, 2.75) is 50.4 Å². The summed E-state index contributed by atoms with van der Waals surface area (Å²) in [5.74, 6) is -0.772. The first-order valence-electron chi connectivity index (χ1n) is 10.4. The molecule has 5 rings (SSSR count). The number of nitrogens with zero attached hydrogens (tertiary/aromatic N) is 2. The van der Waals surface area contributed by atoms with E-state index in [4.69, 9.17) is 28.9 Å². The highest BCUT2D eigenvalue weighted by Gasteiger charge is 2.43. The summed E-state index contributed by atoms with van der Waals surface area (Å²) in [5.41, 5.74) is 8.59. The molecular weight excluding hydrogens is 424 g/mol. The molecule has 2 heterocycles. The number of benzene rings is 2. The topological polar surface area (TPSA) is 49.6 Å². The van der Waals surface area contributed by atoms with Gasteiger partial charge in [0.05, 0.1) is 5.56 Å². The fourth-order valence-electron chi connectivity index (χ4n) is 5.11. The zero-order valence-electron chi connectivity index (χ0n) is 16.6. The highest BCUT2D eigenvalue weighted by atomic mass is 35.5. The Morgan fingerprint density at radius 2 is 1.63 bits per heavy atom. The van der Waals surface area contributed by atoms with Gasteiger partial charge in [0.25, 0.3) is 5.91 Å². The van der Waals surface area contributed by atoms with Gasteiger partial charge in [-0.25, -0.2) is 4.39 Å². The summed E-state index contributed by atoms with van der Waals surface area (Å²) in [7, 11) is 0. The number of carbonyl (C=O) groups is 1. The number of amides is 1. The molecule has 3 fully saturated rings.